The quantitative estimate of drug-likeness (QED) is 0.667. The average molecular weight is 354 g/mol. The zero-order valence-corrected chi connectivity index (χ0v) is 14.6. The third kappa shape index (κ3) is 3.17. The Morgan fingerprint density at radius 1 is 1.19 bits per heavy atom. The lowest BCUT2D eigenvalue weighted by Gasteiger charge is -2.26. The molecular weight excluding hydrogens is 332 g/mol. The van der Waals surface area contributed by atoms with Crippen LogP contribution in [0.2, 0.25) is 0 Å². The van der Waals surface area contributed by atoms with Gasteiger partial charge in [0.05, 0.1) is 19.4 Å². The molecule has 0 bridgehead atoms. The smallest absolute Gasteiger partial charge is 0.165 e. The van der Waals surface area contributed by atoms with E-state index in [-0.39, 0.29) is 11.9 Å². The van der Waals surface area contributed by atoms with Gasteiger partial charge in [0.15, 0.2) is 17.1 Å². The van der Waals surface area contributed by atoms with Crippen molar-refractivity contribution in [3.8, 4) is 22.6 Å². The highest BCUT2D eigenvalue weighted by Gasteiger charge is 2.20. The maximum absolute atomic E-state index is 9.80. The van der Waals surface area contributed by atoms with Crippen molar-refractivity contribution in [3.05, 3.63) is 36.7 Å². The lowest BCUT2D eigenvalue weighted by atomic mass is 9.93. The molecule has 2 aromatic heterocycles. The van der Waals surface area contributed by atoms with Crippen LogP contribution in [0.1, 0.15) is 25.7 Å². The Hall–Kier alpha value is -2.80. The van der Waals surface area contributed by atoms with Crippen LogP contribution in [0.15, 0.2) is 36.7 Å². The minimum absolute atomic E-state index is 0.0996. The minimum Gasteiger partial charge on any atom is -0.504 e. The first-order chi connectivity index (χ1) is 12.6. The number of aromatic nitrogens is 3. The molecule has 7 heteroatoms. The first-order valence-electron chi connectivity index (χ1n) is 8.80. The fourth-order valence-corrected chi connectivity index (χ4v) is 3.43. The Labute approximate surface area is 151 Å². The summed E-state index contributed by atoms with van der Waals surface area (Å²) in [4.78, 5) is 4.73. The van der Waals surface area contributed by atoms with Crippen LogP contribution in [-0.2, 0) is 0 Å². The largest absolute Gasteiger partial charge is 0.504 e. The SMILES string of the molecule is COc1cc(-c2cnn3ccc(NC4CCC(O)CC4)nc23)ccc1O. The van der Waals surface area contributed by atoms with E-state index in [4.69, 9.17) is 9.72 Å². The van der Waals surface area contributed by atoms with Crippen LogP contribution in [-0.4, -0.2) is 44.1 Å². The first-order valence-corrected chi connectivity index (χ1v) is 8.80. The highest BCUT2D eigenvalue weighted by molar-refractivity contribution is 5.79. The Morgan fingerprint density at radius 2 is 2.00 bits per heavy atom. The van der Waals surface area contributed by atoms with Crippen molar-refractivity contribution < 1.29 is 14.9 Å². The van der Waals surface area contributed by atoms with Crippen LogP contribution in [0.4, 0.5) is 5.82 Å². The number of nitrogens with zero attached hydrogens (tertiary/aromatic N) is 3. The highest BCUT2D eigenvalue weighted by Crippen LogP contribution is 2.33. The Morgan fingerprint density at radius 3 is 2.77 bits per heavy atom. The third-order valence-corrected chi connectivity index (χ3v) is 4.91. The molecule has 1 aliphatic rings. The summed E-state index contributed by atoms with van der Waals surface area (Å²) in [6.45, 7) is 0. The number of anilines is 1. The molecule has 3 aromatic rings. The van der Waals surface area contributed by atoms with Crippen LogP contribution in [0, 0.1) is 0 Å². The summed E-state index contributed by atoms with van der Waals surface area (Å²) in [5, 5.41) is 27.3. The number of methoxy groups -OCH3 is 1. The molecule has 0 amide bonds. The summed E-state index contributed by atoms with van der Waals surface area (Å²) < 4.78 is 6.92. The molecule has 2 heterocycles. The van der Waals surface area contributed by atoms with Crippen LogP contribution in [0.3, 0.4) is 0 Å². The number of phenolic OH excluding ortho intramolecular Hbond substituents is 1. The molecule has 0 atom stereocenters. The van der Waals surface area contributed by atoms with E-state index in [1.54, 1.807) is 22.8 Å². The number of fused-ring (bicyclic) bond motifs is 1. The number of nitrogens with one attached hydrogen (secondary N) is 1. The van der Waals surface area contributed by atoms with Crippen molar-refractivity contribution in [2.75, 3.05) is 12.4 Å². The average Bonchev–Trinajstić information content (AvgIpc) is 3.07. The zero-order chi connectivity index (χ0) is 18.1. The number of aliphatic hydroxyl groups excluding tert-OH is 1. The molecule has 1 aliphatic carbocycles. The molecule has 0 aliphatic heterocycles. The van der Waals surface area contributed by atoms with Gasteiger partial charge in [0.25, 0.3) is 0 Å². The lowest BCUT2D eigenvalue weighted by Crippen LogP contribution is -2.28. The van der Waals surface area contributed by atoms with Crippen molar-refractivity contribution in [1.82, 2.24) is 14.6 Å². The fraction of sp³-hybridized carbons (Fsp3) is 0.368. The lowest BCUT2D eigenvalue weighted by molar-refractivity contribution is 0.126. The van der Waals surface area contributed by atoms with Crippen molar-refractivity contribution >= 4 is 11.5 Å². The standard InChI is InChI=1S/C19H22N4O3/c1-26-17-10-12(2-7-16(17)25)15-11-20-23-9-8-18(22-19(15)23)21-13-3-5-14(24)6-4-13/h2,7-11,13-14,24-25H,3-6H2,1H3,(H,21,22). The molecule has 0 saturated heterocycles. The summed E-state index contributed by atoms with van der Waals surface area (Å²) >= 11 is 0. The molecule has 7 nitrogen and oxygen atoms in total. The van der Waals surface area contributed by atoms with Crippen LogP contribution in [0.25, 0.3) is 16.8 Å². The molecule has 1 aromatic carbocycles. The maximum atomic E-state index is 9.80. The number of ether oxygens (including phenoxy) is 1. The zero-order valence-electron chi connectivity index (χ0n) is 14.6. The van der Waals surface area contributed by atoms with E-state index in [0.717, 1.165) is 48.3 Å². The molecule has 4 rings (SSSR count). The molecule has 1 fully saturated rings. The minimum atomic E-state index is -0.172. The van der Waals surface area contributed by atoms with E-state index in [0.29, 0.717) is 11.8 Å². The molecule has 26 heavy (non-hydrogen) atoms. The van der Waals surface area contributed by atoms with E-state index >= 15 is 0 Å². The molecule has 3 N–H and O–H groups in total. The molecule has 1 saturated carbocycles. The van der Waals surface area contributed by atoms with Gasteiger partial charge in [-0.25, -0.2) is 9.50 Å². The number of hydrogen-bond acceptors (Lipinski definition) is 6. The van der Waals surface area contributed by atoms with Crippen LogP contribution in [0.5, 0.6) is 11.5 Å². The number of hydrogen-bond donors (Lipinski definition) is 3. The predicted octanol–water partition coefficient (Wildman–Crippen LogP) is 2.83. The van der Waals surface area contributed by atoms with Gasteiger partial charge in [0.2, 0.25) is 0 Å². The van der Waals surface area contributed by atoms with Gasteiger partial charge >= 0.3 is 0 Å². The molecule has 0 spiro atoms. The Balaban J connectivity index is 1.64. The normalized spacial score (nSPS) is 20.2. The predicted molar refractivity (Wildman–Crippen MR) is 98.5 cm³/mol. The maximum Gasteiger partial charge on any atom is 0.165 e. The number of benzene rings is 1. The Kier molecular flexibility index (Phi) is 4.38. The summed E-state index contributed by atoms with van der Waals surface area (Å²) in [5.41, 5.74) is 2.48. The molecular formula is C19H22N4O3. The van der Waals surface area contributed by atoms with Crippen LogP contribution < -0.4 is 10.1 Å². The van der Waals surface area contributed by atoms with E-state index in [1.807, 2.05) is 18.3 Å². The summed E-state index contributed by atoms with van der Waals surface area (Å²) in [6, 6.07) is 7.43. The second-order valence-electron chi connectivity index (χ2n) is 6.68. The Bertz CT molecular complexity index is 916. The van der Waals surface area contributed by atoms with Gasteiger partial charge in [-0.05, 0) is 49.4 Å². The monoisotopic (exact) mass is 354 g/mol. The van der Waals surface area contributed by atoms with Crippen LogP contribution >= 0.6 is 0 Å². The van der Waals surface area contributed by atoms with Gasteiger partial charge in [-0.2, -0.15) is 5.10 Å². The number of phenols is 1. The highest BCUT2D eigenvalue weighted by atomic mass is 16.5. The van der Waals surface area contributed by atoms with Gasteiger partial charge in [0.1, 0.15) is 5.82 Å². The number of aromatic hydroxyl groups is 1. The molecule has 136 valence electrons. The summed E-state index contributed by atoms with van der Waals surface area (Å²) in [7, 11) is 1.52. The third-order valence-electron chi connectivity index (χ3n) is 4.91. The van der Waals surface area contributed by atoms with E-state index < -0.39 is 0 Å². The summed E-state index contributed by atoms with van der Waals surface area (Å²) in [5.74, 6) is 1.31. The number of aliphatic hydroxyl groups is 1. The van der Waals surface area contributed by atoms with E-state index in [2.05, 4.69) is 10.4 Å². The van der Waals surface area contributed by atoms with E-state index in [1.165, 1.54) is 7.11 Å². The second-order valence-corrected chi connectivity index (χ2v) is 6.68. The van der Waals surface area contributed by atoms with Gasteiger partial charge in [-0.15, -0.1) is 0 Å². The summed E-state index contributed by atoms with van der Waals surface area (Å²) in [6.07, 6.45) is 6.99. The number of rotatable bonds is 4. The van der Waals surface area contributed by atoms with Crippen molar-refractivity contribution in [2.45, 2.75) is 37.8 Å². The fourth-order valence-electron chi connectivity index (χ4n) is 3.43. The van der Waals surface area contributed by atoms with E-state index in [9.17, 15) is 10.2 Å². The van der Waals surface area contributed by atoms with Gasteiger partial charge in [-0.1, -0.05) is 6.07 Å². The second kappa shape index (κ2) is 6.84. The topological polar surface area (TPSA) is 91.9 Å². The van der Waals surface area contributed by atoms with Gasteiger partial charge in [-0.3, -0.25) is 0 Å². The van der Waals surface area contributed by atoms with Gasteiger partial charge in [0, 0.05) is 17.8 Å². The van der Waals surface area contributed by atoms with Crippen molar-refractivity contribution in [2.24, 2.45) is 0 Å². The van der Waals surface area contributed by atoms with Gasteiger partial charge < -0.3 is 20.3 Å². The van der Waals surface area contributed by atoms with Crippen molar-refractivity contribution in [1.29, 1.82) is 0 Å². The first kappa shape index (κ1) is 16.7. The van der Waals surface area contributed by atoms with Crippen molar-refractivity contribution in [3.63, 3.8) is 0 Å². The molecule has 0 unspecified atom stereocenters. The molecule has 0 radical (unpaired) electrons.